The lowest BCUT2D eigenvalue weighted by Crippen LogP contribution is -2.41. The maximum atomic E-state index is 4.16. The van der Waals surface area contributed by atoms with E-state index in [4.69, 9.17) is 0 Å². The number of hydrogen-bond acceptors (Lipinski definition) is 0. The fourth-order valence-corrected chi connectivity index (χ4v) is 4.10. The zero-order chi connectivity index (χ0) is 11.1. The molecule has 0 heterocycles. The van der Waals surface area contributed by atoms with Gasteiger partial charge >= 0.3 is 0 Å². The van der Waals surface area contributed by atoms with E-state index < -0.39 is 0 Å². The molecule has 0 nitrogen and oxygen atoms in total. The Kier molecular flexibility index (Phi) is 2.96. The molecule has 1 unspecified atom stereocenters. The predicted molar refractivity (Wildman–Crippen MR) is 66.8 cm³/mol. The van der Waals surface area contributed by atoms with Crippen molar-refractivity contribution >= 4 is 0 Å². The molecule has 2 saturated carbocycles. The second kappa shape index (κ2) is 3.96. The SMILES string of the molecule is C=C(C)[C@H]1CC[C@]2(C)CCCC(C)[C@H]2C1. The summed E-state index contributed by atoms with van der Waals surface area (Å²) in [6.07, 6.45) is 8.67. The monoisotopic (exact) mass is 206 g/mol. The number of hydrogen-bond donors (Lipinski definition) is 0. The van der Waals surface area contributed by atoms with Gasteiger partial charge in [0.25, 0.3) is 0 Å². The minimum absolute atomic E-state index is 0.670. The standard InChI is InChI=1S/C15H26/c1-11(2)13-7-9-15(4)8-5-6-12(3)14(15)10-13/h12-14H,1,5-10H2,2-4H3/t12?,13-,14+,15-/m0/s1. The van der Waals surface area contributed by atoms with E-state index in [-0.39, 0.29) is 0 Å². The van der Waals surface area contributed by atoms with Crippen molar-refractivity contribution in [1.29, 1.82) is 0 Å². The first-order chi connectivity index (χ1) is 7.03. The highest BCUT2D eigenvalue weighted by molar-refractivity contribution is 5.04. The molecule has 2 fully saturated rings. The van der Waals surface area contributed by atoms with Crippen LogP contribution in [-0.2, 0) is 0 Å². The van der Waals surface area contributed by atoms with Gasteiger partial charge in [0.1, 0.15) is 0 Å². The third-order valence-corrected chi connectivity index (χ3v) is 5.29. The summed E-state index contributed by atoms with van der Waals surface area (Å²) in [7, 11) is 0. The largest absolute Gasteiger partial charge is 0.0999 e. The lowest BCUT2D eigenvalue weighted by Gasteiger charge is -2.51. The highest BCUT2D eigenvalue weighted by atomic mass is 14.5. The van der Waals surface area contributed by atoms with Gasteiger partial charge in [-0.05, 0) is 55.8 Å². The van der Waals surface area contributed by atoms with Gasteiger partial charge in [0.2, 0.25) is 0 Å². The molecular weight excluding hydrogens is 180 g/mol. The van der Waals surface area contributed by atoms with Crippen molar-refractivity contribution < 1.29 is 0 Å². The van der Waals surface area contributed by atoms with E-state index in [0.717, 1.165) is 17.8 Å². The van der Waals surface area contributed by atoms with Crippen LogP contribution in [0.2, 0.25) is 0 Å². The molecule has 0 aliphatic heterocycles. The van der Waals surface area contributed by atoms with Gasteiger partial charge in [-0.1, -0.05) is 38.8 Å². The molecule has 0 aromatic rings. The molecule has 0 heteroatoms. The van der Waals surface area contributed by atoms with E-state index in [1.54, 1.807) is 0 Å². The Labute approximate surface area is 95.1 Å². The van der Waals surface area contributed by atoms with Crippen molar-refractivity contribution in [3.8, 4) is 0 Å². The average Bonchev–Trinajstić information content (AvgIpc) is 2.17. The fraction of sp³-hybridized carbons (Fsp3) is 0.867. The van der Waals surface area contributed by atoms with Gasteiger partial charge in [0, 0.05) is 0 Å². The first-order valence-corrected chi connectivity index (χ1v) is 6.68. The van der Waals surface area contributed by atoms with Crippen LogP contribution in [0.25, 0.3) is 0 Å². The Morgan fingerprint density at radius 3 is 2.67 bits per heavy atom. The van der Waals surface area contributed by atoms with Gasteiger partial charge in [-0.25, -0.2) is 0 Å². The smallest absolute Gasteiger partial charge is 0.0206 e. The molecule has 2 aliphatic carbocycles. The topological polar surface area (TPSA) is 0 Å². The predicted octanol–water partition coefficient (Wildman–Crippen LogP) is 4.81. The van der Waals surface area contributed by atoms with Crippen molar-refractivity contribution in [3.63, 3.8) is 0 Å². The van der Waals surface area contributed by atoms with Crippen LogP contribution in [0.3, 0.4) is 0 Å². The second-order valence-electron chi connectivity index (χ2n) is 6.45. The number of allylic oxidation sites excluding steroid dienone is 1. The Hall–Kier alpha value is -0.260. The van der Waals surface area contributed by atoms with Crippen LogP contribution in [-0.4, -0.2) is 0 Å². The van der Waals surface area contributed by atoms with E-state index >= 15 is 0 Å². The summed E-state index contributed by atoms with van der Waals surface area (Å²) in [6, 6.07) is 0. The Balaban J connectivity index is 2.12. The average molecular weight is 206 g/mol. The van der Waals surface area contributed by atoms with Gasteiger partial charge < -0.3 is 0 Å². The van der Waals surface area contributed by atoms with E-state index in [0.29, 0.717) is 5.41 Å². The lowest BCUT2D eigenvalue weighted by atomic mass is 9.54. The molecule has 2 aliphatic rings. The Morgan fingerprint density at radius 1 is 1.27 bits per heavy atom. The second-order valence-corrected chi connectivity index (χ2v) is 6.45. The minimum Gasteiger partial charge on any atom is -0.0999 e. The van der Waals surface area contributed by atoms with Crippen molar-refractivity contribution in [2.24, 2.45) is 23.2 Å². The molecule has 4 atom stereocenters. The molecule has 2 rings (SSSR count). The van der Waals surface area contributed by atoms with Crippen LogP contribution >= 0.6 is 0 Å². The van der Waals surface area contributed by atoms with Crippen molar-refractivity contribution in [3.05, 3.63) is 12.2 Å². The molecule has 0 spiro atoms. The molecule has 15 heavy (non-hydrogen) atoms. The number of fused-ring (bicyclic) bond motifs is 1. The maximum Gasteiger partial charge on any atom is -0.0206 e. The van der Waals surface area contributed by atoms with Crippen LogP contribution in [0.15, 0.2) is 12.2 Å². The van der Waals surface area contributed by atoms with Crippen molar-refractivity contribution in [2.75, 3.05) is 0 Å². The van der Waals surface area contributed by atoms with Gasteiger partial charge in [0.05, 0.1) is 0 Å². The van der Waals surface area contributed by atoms with Gasteiger partial charge in [-0.2, -0.15) is 0 Å². The Bertz CT molecular complexity index is 253. The van der Waals surface area contributed by atoms with Gasteiger partial charge in [-0.15, -0.1) is 0 Å². The minimum atomic E-state index is 0.670. The normalized spacial score (nSPS) is 45.9. The molecule has 0 amide bonds. The lowest BCUT2D eigenvalue weighted by molar-refractivity contribution is 0.00732. The summed E-state index contributed by atoms with van der Waals surface area (Å²) in [4.78, 5) is 0. The Morgan fingerprint density at radius 2 is 2.00 bits per heavy atom. The summed E-state index contributed by atoms with van der Waals surface area (Å²) in [5.41, 5.74) is 2.10. The molecule has 0 bridgehead atoms. The van der Waals surface area contributed by atoms with E-state index in [2.05, 4.69) is 27.4 Å². The third-order valence-electron chi connectivity index (χ3n) is 5.29. The molecule has 0 N–H and O–H groups in total. The zero-order valence-electron chi connectivity index (χ0n) is 10.7. The number of rotatable bonds is 1. The molecule has 0 aromatic carbocycles. The molecular formula is C15H26. The summed E-state index contributed by atoms with van der Waals surface area (Å²) in [6.45, 7) is 11.4. The van der Waals surface area contributed by atoms with Gasteiger partial charge in [0.15, 0.2) is 0 Å². The highest BCUT2D eigenvalue weighted by Crippen LogP contribution is 2.54. The summed E-state index contributed by atoms with van der Waals surface area (Å²) < 4.78 is 0. The van der Waals surface area contributed by atoms with E-state index in [9.17, 15) is 0 Å². The summed E-state index contributed by atoms with van der Waals surface area (Å²) in [5.74, 6) is 2.75. The van der Waals surface area contributed by atoms with Crippen LogP contribution in [0.1, 0.15) is 59.3 Å². The van der Waals surface area contributed by atoms with Crippen molar-refractivity contribution in [1.82, 2.24) is 0 Å². The summed E-state index contributed by atoms with van der Waals surface area (Å²) in [5, 5.41) is 0. The third kappa shape index (κ3) is 2.00. The first kappa shape index (κ1) is 11.2. The first-order valence-electron chi connectivity index (χ1n) is 6.68. The molecule has 86 valence electrons. The van der Waals surface area contributed by atoms with Crippen LogP contribution in [0.5, 0.6) is 0 Å². The van der Waals surface area contributed by atoms with E-state index in [1.807, 2.05) is 0 Å². The fourth-order valence-electron chi connectivity index (χ4n) is 4.10. The van der Waals surface area contributed by atoms with Crippen LogP contribution < -0.4 is 0 Å². The quantitative estimate of drug-likeness (QED) is 0.540. The molecule has 0 aromatic heterocycles. The highest BCUT2D eigenvalue weighted by Gasteiger charge is 2.44. The molecule has 0 saturated heterocycles. The summed E-state index contributed by atoms with van der Waals surface area (Å²) >= 11 is 0. The van der Waals surface area contributed by atoms with E-state index in [1.165, 1.54) is 44.1 Å². The van der Waals surface area contributed by atoms with Crippen molar-refractivity contribution in [2.45, 2.75) is 59.3 Å². The molecule has 0 radical (unpaired) electrons. The zero-order valence-corrected chi connectivity index (χ0v) is 10.7. The van der Waals surface area contributed by atoms with Crippen LogP contribution in [0.4, 0.5) is 0 Å². The van der Waals surface area contributed by atoms with Gasteiger partial charge in [-0.3, -0.25) is 0 Å². The van der Waals surface area contributed by atoms with Crippen LogP contribution in [0, 0.1) is 23.2 Å². The maximum absolute atomic E-state index is 4.16.